The van der Waals surface area contributed by atoms with Crippen molar-refractivity contribution in [3.05, 3.63) is 27.2 Å². The molecule has 0 atom stereocenters. The highest BCUT2D eigenvalue weighted by Gasteiger charge is 2.28. The molecule has 1 aliphatic rings. The summed E-state index contributed by atoms with van der Waals surface area (Å²) < 4.78 is 26.6. The van der Waals surface area contributed by atoms with Gasteiger partial charge in [0.25, 0.3) is 0 Å². The Morgan fingerprint density at radius 2 is 1.47 bits per heavy atom. The highest BCUT2D eigenvalue weighted by atomic mass is 35.5. The van der Waals surface area contributed by atoms with Crippen molar-refractivity contribution >= 4 is 44.8 Å². The summed E-state index contributed by atoms with van der Waals surface area (Å²) >= 11 is 17.8. The van der Waals surface area contributed by atoms with Gasteiger partial charge in [0.15, 0.2) is 0 Å². The van der Waals surface area contributed by atoms with E-state index in [9.17, 15) is 8.42 Å². The van der Waals surface area contributed by atoms with Crippen LogP contribution >= 0.6 is 34.8 Å². The molecule has 1 aromatic rings. The number of nitrogens with zero attached hydrogens (tertiary/aromatic N) is 1. The van der Waals surface area contributed by atoms with Crippen LogP contribution in [0.25, 0.3) is 0 Å². The number of sulfonamides is 1. The molecule has 0 bridgehead atoms. The summed E-state index contributed by atoms with van der Waals surface area (Å²) in [5.41, 5.74) is 0. The summed E-state index contributed by atoms with van der Waals surface area (Å²) in [5, 5.41) is 0.333. The second-order valence-electron chi connectivity index (χ2n) is 4.49. The van der Waals surface area contributed by atoms with Crippen molar-refractivity contribution < 1.29 is 8.42 Å². The minimum atomic E-state index is -3.60. The molecule has 1 saturated heterocycles. The van der Waals surface area contributed by atoms with E-state index >= 15 is 0 Å². The van der Waals surface area contributed by atoms with E-state index in [0.29, 0.717) is 13.1 Å². The van der Waals surface area contributed by atoms with Crippen LogP contribution in [-0.4, -0.2) is 25.8 Å². The summed E-state index contributed by atoms with van der Waals surface area (Å²) in [6, 6.07) is 2.87. The average molecular weight is 343 g/mol. The molecular weight excluding hydrogens is 329 g/mol. The Labute approximate surface area is 128 Å². The van der Waals surface area contributed by atoms with Crippen LogP contribution in [0.15, 0.2) is 17.0 Å². The summed E-state index contributed by atoms with van der Waals surface area (Å²) in [5.74, 6) is 0. The van der Waals surface area contributed by atoms with Crippen molar-refractivity contribution in [2.24, 2.45) is 0 Å². The van der Waals surface area contributed by atoms with Crippen molar-refractivity contribution in [2.75, 3.05) is 13.1 Å². The van der Waals surface area contributed by atoms with E-state index in [-0.39, 0.29) is 20.0 Å². The monoisotopic (exact) mass is 341 g/mol. The summed E-state index contributed by atoms with van der Waals surface area (Å²) in [7, 11) is -3.60. The van der Waals surface area contributed by atoms with E-state index in [0.717, 1.165) is 25.7 Å². The van der Waals surface area contributed by atoms with Crippen LogP contribution < -0.4 is 0 Å². The average Bonchev–Trinajstić information content (AvgIpc) is 2.65. The van der Waals surface area contributed by atoms with Gasteiger partial charge in [0.1, 0.15) is 4.90 Å². The predicted molar refractivity (Wildman–Crippen MR) is 78.7 cm³/mol. The zero-order valence-corrected chi connectivity index (χ0v) is 13.3. The summed E-state index contributed by atoms with van der Waals surface area (Å²) in [4.78, 5) is 0.0328. The van der Waals surface area contributed by atoms with Gasteiger partial charge in [0.05, 0.1) is 15.1 Å². The smallest absolute Gasteiger partial charge is 0.207 e. The zero-order valence-electron chi connectivity index (χ0n) is 10.2. The van der Waals surface area contributed by atoms with Gasteiger partial charge < -0.3 is 0 Å². The van der Waals surface area contributed by atoms with E-state index in [1.165, 1.54) is 16.4 Å². The molecule has 0 N–H and O–H groups in total. The van der Waals surface area contributed by atoms with Gasteiger partial charge in [-0.25, -0.2) is 8.42 Å². The van der Waals surface area contributed by atoms with Crippen LogP contribution in [0.5, 0.6) is 0 Å². The first kappa shape index (κ1) is 15.4. The lowest BCUT2D eigenvalue weighted by Gasteiger charge is -2.21. The highest BCUT2D eigenvalue weighted by Crippen LogP contribution is 2.36. The maximum Gasteiger partial charge on any atom is 0.244 e. The van der Waals surface area contributed by atoms with Crippen molar-refractivity contribution in [2.45, 2.75) is 30.6 Å². The number of benzene rings is 1. The number of halogens is 3. The van der Waals surface area contributed by atoms with E-state index in [2.05, 4.69) is 0 Å². The third-order valence-corrected chi connectivity index (χ3v) is 6.53. The van der Waals surface area contributed by atoms with E-state index in [1.54, 1.807) is 0 Å². The topological polar surface area (TPSA) is 37.4 Å². The second-order valence-corrected chi connectivity index (χ2v) is 7.56. The van der Waals surface area contributed by atoms with Gasteiger partial charge in [-0.05, 0) is 25.0 Å². The Morgan fingerprint density at radius 1 is 0.895 bits per heavy atom. The van der Waals surface area contributed by atoms with Crippen molar-refractivity contribution in [1.82, 2.24) is 4.31 Å². The first-order valence-corrected chi connectivity index (χ1v) is 8.65. The fourth-order valence-corrected chi connectivity index (χ4v) is 4.60. The maximum atomic E-state index is 12.6. The highest BCUT2D eigenvalue weighted by molar-refractivity contribution is 7.89. The first-order chi connectivity index (χ1) is 8.94. The van der Waals surface area contributed by atoms with Crippen LogP contribution in [0.1, 0.15) is 25.7 Å². The lowest BCUT2D eigenvalue weighted by Crippen LogP contribution is -2.32. The van der Waals surface area contributed by atoms with Crippen molar-refractivity contribution in [3.63, 3.8) is 0 Å². The maximum absolute atomic E-state index is 12.6. The number of hydrogen-bond donors (Lipinski definition) is 0. The van der Waals surface area contributed by atoms with E-state index in [1.807, 2.05) is 0 Å². The second kappa shape index (κ2) is 6.19. The van der Waals surface area contributed by atoms with E-state index in [4.69, 9.17) is 34.8 Å². The van der Waals surface area contributed by atoms with Crippen molar-refractivity contribution in [3.8, 4) is 0 Å². The zero-order chi connectivity index (χ0) is 14.0. The third-order valence-electron chi connectivity index (χ3n) is 3.18. The molecule has 1 heterocycles. The molecule has 1 fully saturated rings. The Balaban J connectivity index is 2.41. The first-order valence-electron chi connectivity index (χ1n) is 6.08. The molecule has 0 spiro atoms. The van der Waals surface area contributed by atoms with Crippen LogP contribution in [0.3, 0.4) is 0 Å². The van der Waals surface area contributed by atoms with Crippen LogP contribution in [-0.2, 0) is 10.0 Å². The predicted octanol–water partition coefficient (Wildman–Crippen LogP) is 4.21. The molecule has 19 heavy (non-hydrogen) atoms. The largest absolute Gasteiger partial charge is 0.244 e. The Bertz CT molecular complexity index is 567. The normalized spacial score (nSPS) is 18.3. The molecule has 7 heteroatoms. The molecule has 0 amide bonds. The molecule has 2 rings (SSSR count). The van der Waals surface area contributed by atoms with Gasteiger partial charge in [0, 0.05) is 13.1 Å². The lowest BCUT2D eigenvalue weighted by atomic mass is 10.2. The molecule has 0 aromatic heterocycles. The van der Waals surface area contributed by atoms with Gasteiger partial charge in [-0.15, -0.1) is 0 Å². The molecular formula is C12H14Cl3NO2S. The van der Waals surface area contributed by atoms with Crippen LogP contribution in [0, 0.1) is 0 Å². The van der Waals surface area contributed by atoms with E-state index < -0.39 is 10.0 Å². The third kappa shape index (κ3) is 3.19. The van der Waals surface area contributed by atoms with Gasteiger partial charge in [0.2, 0.25) is 10.0 Å². The van der Waals surface area contributed by atoms with Crippen molar-refractivity contribution in [1.29, 1.82) is 0 Å². The lowest BCUT2D eigenvalue weighted by molar-refractivity contribution is 0.424. The Morgan fingerprint density at radius 3 is 2.05 bits per heavy atom. The SMILES string of the molecule is O=S(=O)(c1ccc(Cl)c(Cl)c1Cl)N1CCCCCC1. The molecule has 0 radical (unpaired) electrons. The van der Waals surface area contributed by atoms with Gasteiger partial charge >= 0.3 is 0 Å². The minimum absolute atomic E-state index is 0.00147. The Kier molecular flexibility index (Phi) is 5.01. The molecule has 106 valence electrons. The van der Waals surface area contributed by atoms with Gasteiger partial charge in [-0.2, -0.15) is 4.31 Å². The quantitative estimate of drug-likeness (QED) is 0.755. The van der Waals surface area contributed by atoms with Gasteiger partial charge in [-0.3, -0.25) is 0 Å². The summed E-state index contributed by atoms with van der Waals surface area (Å²) in [6.07, 6.45) is 3.86. The molecule has 3 nitrogen and oxygen atoms in total. The number of hydrogen-bond acceptors (Lipinski definition) is 2. The van der Waals surface area contributed by atoms with Crippen LogP contribution in [0.2, 0.25) is 15.1 Å². The summed E-state index contributed by atoms with van der Waals surface area (Å²) in [6.45, 7) is 1.05. The fraction of sp³-hybridized carbons (Fsp3) is 0.500. The standard InChI is InChI=1S/C12H14Cl3NO2S/c13-9-5-6-10(12(15)11(9)14)19(17,18)16-7-3-1-2-4-8-16/h5-6H,1-4,7-8H2. The number of rotatable bonds is 2. The molecule has 0 saturated carbocycles. The minimum Gasteiger partial charge on any atom is -0.207 e. The van der Waals surface area contributed by atoms with Crippen LogP contribution in [0.4, 0.5) is 0 Å². The molecule has 0 aliphatic carbocycles. The molecule has 0 unspecified atom stereocenters. The fourth-order valence-electron chi connectivity index (χ4n) is 2.13. The van der Waals surface area contributed by atoms with Gasteiger partial charge in [-0.1, -0.05) is 47.6 Å². The molecule has 1 aromatic carbocycles. The molecule has 1 aliphatic heterocycles. The Hall–Kier alpha value is -0.000000000000000132.